The molecule has 0 bridgehead atoms. The Morgan fingerprint density at radius 2 is 0.971 bits per heavy atom. The minimum absolute atomic E-state index is 0. The van der Waals surface area contributed by atoms with E-state index in [0.717, 1.165) is 12.8 Å². The van der Waals surface area contributed by atoms with Gasteiger partial charge in [0.15, 0.2) is 0 Å². The molecule has 1 rings (SSSR count). The second kappa shape index (κ2) is 15.0. The summed E-state index contributed by atoms with van der Waals surface area (Å²) in [4.78, 5) is 14.3. The molecule has 35 heavy (non-hydrogen) atoms. The molecule has 0 unspecified atom stereocenters. The number of esters is 1. The average Bonchev–Trinajstić information content (AvgIpc) is 2.78. The Labute approximate surface area is 240 Å². The molecule has 0 aromatic heterocycles. The molecule has 1 heterocycles. The molecular weight excluding hydrogens is 430 g/mol. The summed E-state index contributed by atoms with van der Waals surface area (Å²) in [5.41, 5.74) is -0.145. The standard InChI is InChI=1S/C32H23NO2.20H2/c1-7-8-9-10-11-12-13-14-15-16-17-18-19-20-21-22-23-24-25-26-30(34)35-29-27-31(2,3)33(6)32(4,5)28-29;;;;;;;;;;;;;;;;;;;;/h29H,27-28H2,1-6H3;20*1H. The predicted molar refractivity (Wildman–Crippen MR) is 181 cm³/mol. The van der Waals surface area contributed by atoms with E-state index in [4.69, 9.17) is 4.74 Å². The number of rotatable bonds is 1. The van der Waals surface area contributed by atoms with Gasteiger partial charge in [0.1, 0.15) is 6.10 Å². The van der Waals surface area contributed by atoms with Gasteiger partial charge in [0.05, 0.1) is 0 Å². The first-order chi connectivity index (χ1) is 16.7. The number of carbonyl (C=O) groups is 1. The van der Waals surface area contributed by atoms with E-state index < -0.39 is 5.97 Å². The average molecular weight is 494 g/mol. The third kappa shape index (κ3) is 12.0. The van der Waals surface area contributed by atoms with Crippen molar-refractivity contribution in [3.63, 3.8) is 0 Å². The van der Waals surface area contributed by atoms with E-state index in [-0.39, 0.29) is 45.7 Å². The zero-order valence-electron chi connectivity index (χ0n) is 20.8. The highest BCUT2D eigenvalue weighted by atomic mass is 16.5. The van der Waals surface area contributed by atoms with E-state index in [1.54, 1.807) is 6.92 Å². The number of hydrogen-bond donors (Lipinski definition) is 0. The van der Waals surface area contributed by atoms with Gasteiger partial charge in [0.25, 0.3) is 0 Å². The molecule has 3 nitrogen and oxygen atoms in total. The summed E-state index contributed by atoms with van der Waals surface area (Å²) in [6.45, 7) is 10.3. The van der Waals surface area contributed by atoms with E-state index >= 15 is 0 Å². The van der Waals surface area contributed by atoms with Gasteiger partial charge in [0.2, 0.25) is 0 Å². The van der Waals surface area contributed by atoms with Crippen molar-refractivity contribution in [1.29, 1.82) is 0 Å². The highest BCUT2D eigenvalue weighted by Gasteiger charge is 2.44. The van der Waals surface area contributed by atoms with Gasteiger partial charge in [-0.15, -0.1) is 0 Å². The quantitative estimate of drug-likeness (QED) is 0.220. The van der Waals surface area contributed by atoms with Crippen molar-refractivity contribution in [2.75, 3.05) is 7.05 Å². The molecular formula is C32H63NO2. The fraction of sp³-hybridized carbons (Fsp3) is 0.344. The number of likely N-dealkylation sites (tertiary alicyclic amines) is 1. The van der Waals surface area contributed by atoms with Crippen LogP contribution < -0.4 is 0 Å². The molecule has 1 saturated heterocycles. The first-order valence-corrected chi connectivity index (χ1v) is 10.6. The molecule has 0 radical (unpaired) electrons. The van der Waals surface area contributed by atoms with Gasteiger partial charge in [-0.25, -0.2) is 4.79 Å². The highest BCUT2D eigenvalue weighted by Crippen LogP contribution is 2.38. The third-order valence-electron chi connectivity index (χ3n) is 4.90. The molecule has 1 aliphatic rings. The van der Waals surface area contributed by atoms with Crippen LogP contribution in [0.3, 0.4) is 0 Å². The zero-order valence-corrected chi connectivity index (χ0v) is 20.8. The highest BCUT2D eigenvalue weighted by molar-refractivity contribution is 5.89. The van der Waals surface area contributed by atoms with Crippen molar-refractivity contribution in [3.05, 3.63) is 0 Å². The largest absolute Gasteiger partial charge is 0.453 e. The second-order valence-electron chi connectivity index (χ2n) is 8.24. The van der Waals surface area contributed by atoms with Gasteiger partial charge in [-0.05, 0) is 136 Å². The Kier molecular flexibility index (Phi) is 12.0. The predicted octanol–water partition coefficient (Wildman–Crippen LogP) is 7.15. The molecule has 0 aliphatic carbocycles. The van der Waals surface area contributed by atoms with E-state index in [0.29, 0.717) is 0 Å². The van der Waals surface area contributed by atoms with Crippen LogP contribution in [0.1, 0.15) is 76.0 Å². The molecule has 0 amide bonds. The topological polar surface area (TPSA) is 29.5 Å². The maximum absolute atomic E-state index is 12.0. The van der Waals surface area contributed by atoms with Crippen LogP contribution >= 0.6 is 0 Å². The Morgan fingerprint density at radius 3 is 1.31 bits per heavy atom. The Morgan fingerprint density at radius 1 is 0.657 bits per heavy atom. The monoisotopic (exact) mass is 493 g/mol. The van der Waals surface area contributed by atoms with Crippen molar-refractivity contribution in [1.82, 2.24) is 4.90 Å². The van der Waals surface area contributed by atoms with E-state index in [2.05, 4.69) is 158 Å². The Hall–Kier alpha value is -4.97. The van der Waals surface area contributed by atoms with Crippen molar-refractivity contribution in [2.45, 2.75) is 64.6 Å². The van der Waals surface area contributed by atoms with Gasteiger partial charge < -0.3 is 4.74 Å². The molecule has 0 N–H and O–H groups in total. The summed E-state index contributed by atoms with van der Waals surface area (Å²) in [5, 5.41) is 0. The van der Waals surface area contributed by atoms with Gasteiger partial charge in [0, 0.05) is 70.2 Å². The van der Waals surface area contributed by atoms with Gasteiger partial charge in [-0.2, -0.15) is 0 Å². The molecule has 1 fully saturated rings. The fourth-order valence-corrected chi connectivity index (χ4v) is 3.19. The SMILES string of the molecule is CC#CC#CC#CC#CC#CC#CC#CC#CC#CC#CC(=O)OC1CC(C)(C)N(C)C(C)(C)C1.[HH].[HH].[HH].[HH].[HH].[HH].[HH].[HH].[HH].[HH].[HH].[HH].[HH].[HH].[HH].[HH].[HH].[HH].[HH].[HH]. The lowest BCUT2D eigenvalue weighted by atomic mass is 9.79. The number of nitrogens with zero attached hydrogens (tertiary/aromatic N) is 1. The van der Waals surface area contributed by atoms with Crippen LogP contribution in [0.25, 0.3) is 0 Å². The number of hydrogen-bond acceptors (Lipinski definition) is 3. The maximum atomic E-state index is 12.0. The summed E-state index contributed by atoms with van der Waals surface area (Å²) in [7, 11) is 2.09. The Balaban J connectivity index is -0.0000000340. The zero-order chi connectivity index (χ0) is 26.0. The van der Waals surface area contributed by atoms with Gasteiger partial charge in [-0.3, -0.25) is 4.90 Å². The lowest BCUT2D eigenvalue weighted by Crippen LogP contribution is -2.60. The minimum atomic E-state index is -0.586. The first-order valence-electron chi connectivity index (χ1n) is 10.6. The van der Waals surface area contributed by atoms with Crippen molar-refractivity contribution in [3.8, 4) is 118 Å². The van der Waals surface area contributed by atoms with Crippen LogP contribution in [0.15, 0.2) is 0 Å². The van der Waals surface area contributed by atoms with Crippen molar-refractivity contribution >= 4 is 5.97 Å². The van der Waals surface area contributed by atoms with Crippen molar-refractivity contribution in [2.24, 2.45) is 0 Å². The minimum Gasteiger partial charge on any atom is -0.453 e. The summed E-state index contributed by atoms with van der Waals surface area (Å²) >= 11 is 0. The molecule has 1 aliphatic heterocycles. The van der Waals surface area contributed by atoms with Crippen LogP contribution in [-0.4, -0.2) is 35.1 Å². The first kappa shape index (κ1) is 28.1. The normalized spacial score (nSPS) is 13.5. The van der Waals surface area contributed by atoms with Gasteiger partial charge >= 0.3 is 5.97 Å². The van der Waals surface area contributed by atoms with Crippen molar-refractivity contribution < 1.29 is 38.1 Å². The smallest absolute Gasteiger partial charge is 0.385 e. The molecule has 208 valence electrons. The summed E-state index contributed by atoms with van der Waals surface area (Å²) in [6, 6.07) is 0. The van der Waals surface area contributed by atoms with Crippen LogP contribution in [0.5, 0.6) is 0 Å². The van der Waals surface area contributed by atoms with Crippen LogP contribution in [0.2, 0.25) is 0 Å². The third-order valence-corrected chi connectivity index (χ3v) is 4.90. The maximum Gasteiger partial charge on any atom is 0.385 e. The summed E-state index contributed by atoms with van der Waals surface area (Å²) < 4.78 is 5.53. The van der Waals surface area contributed by atoms with E-state index in [1.807, 2.05) is 0 Å². The molecule has 0 aromatic rings. The van der Waals surface area contributed by atoms with Crippen LogP contribution in [0.4, 0.5) is 0 Å². The number of piperidine rings is 1. The molecule has 3 heteroatoms. The van der Waals surface area contributed by atoms with E-state index in [1.165, 1.54) is 0 Å². The molecule has 0 saturated carbocycles. The lowest BCUT2D eigenvalue weighted by molar-refractivity contribution is -0.151. The second-order valence-corrected chi connectivity index (χ2v) is 8.24. The van der Waals surface area contributed by atoms with Gasteiger partial charge in [-0.1, -0.05) is 5.92 Å². The lowest BCUT2D eigenvalue weighted by Gasteiger charge is -2.53. The summed E-state index contributed by atoms with van der Waals surface area (Å²) in [5.74, 6) is 49.6. The summed E-state index contributed by atoms with van der Waals surface area (Å²) in [6.07, 6.45) is 1.31. The number of ether oxygens (including phenoxy) is 1. The molecule has 0 spiro atoms. The van der Waals surface area contributed by atoms with Crippen LogP contribution in [-0.2, 0) is 9.53 Å². The van der Waals surface area contributed by atoms with Crippen LogP contribution in [0, 0.1) is 118 Å². The molecule has 0 aromatic carbocycles. The molecule has 0 atom stereocenters. The fourth-order valence-electron chi connectivity index (χ4n) is 3.19. The number of carbonyl (C=O) groups excluding carboxylic acids is 1. The van der Waals surface area contributed by atoms with E-state index in [9.17, 15) is 4.79 Å². The Bertz CT molecular complexity index is 1500.